The molecular weight excluding hydrogens is 152 g/mol. The first-order chi connectivity index (χ1) is 5.83. The largest absolute Gasteiger partial charge is 0.342 e. The molecule has 0 aromatic carbocycles. The second-order valence-electron chi connectivity index (χ2n) is 3.36. The van der Waals surface area contributed by atoms with Gasteiger partial charge in [0.05, 0.1) is 0 Å². The van der Waals surface area contributed by atoms with Crippen LogP contribution in [0.25, 0.3) is 0 Å². The third-order valence-corrected chi connectivity index (χ3v) is 2.63. The van der Waals surface area contributed by atoms with E-state index in [1.165, 1.54) is 0 Å². The molecule has 1 aliphatic carbocycles. The maximum absolute atomic E-state index is 11.0. The maximum atomic E-state index is 11.0. The van der Waals surface area contributed by atoms with E-state index >= 15 is 0 Å². The van der Waals surface area contributed by atoms with Gasteiger partial charge in [-0.1, -0.05) is 5.92 Å². The minimum Gasteiger partial charge on any atom is -0.342 e. The van der Waals surface area contributed by atoms with Gasteiger partial charge in [0.1, 0.15) is 0 Å². The van der Waals surface area contributed by atoms with Crippen molar-refractivity contribution in [3.8, 4) is 11.8 Å². The predicted octanol–water partition coefficient (Wildman–Crippen LogP) is -0.656. The molecule has 1 heterocycles. The topological polar surface area (TPSA) is 41.1 Å². The van der Waals surface area contributed by atoms with Gasteiger partial charge in [-0.3, -0.25) is 4.79 Å². The molecule has 12 heavy (non-hydrogen) atoms. The van der Waals surface area contributed by atoms with Crippen molar-refractivity contribution in [1.29, 1.82) is 0 Å². The number of carbonyl (C=O) groups excluding carboxylic acids is 1. The highest BCUT2D eigenvalue weighted by molar-refractivity contribution is 5.93. The maximum Gasteiger partial charge on any atom is 0.296 e. The molecule has 0 bridgehead atoms. The van der Waals surface area contributed by atoms with Gasteiger partial charge in [-0.05, 0) is 24.7 Å². The zero-order chi connectivity index (χ0) is 8.55. The average molecular weight is 164 g/mol. The van der Waals surface area contributed by atoms with E-state index in [-0.39, 0.29) is 5.91 Å². The van der Waals surface area contributed by atoms with Gasteiger partial charge in [0.15, 0.2) is 0 Å². The summed E-state index contributed by atoms with van der Waals surface area (Å²) in [6, 6.07) is 0.402. The highest BCUT2D eigenvalue weighted by Gasteiger charge is 2.53. The van der Waals surface area contributed by atoms with Crippen LogP contribution in [0.15, 0.2) is 0 Å². The lowest BCUT2D eigenvalue weighted by molar-refractivity contribution is -0.115. The molecule has 0 aromatic rings. The molecule has 3 heteroatoms. The van der Waals surface area contributed by atoms with E-state index in [0.717, 1.165) is 13.1 Å². The summed E-state index contributed by atoms with van der Waals surface area (Å²) in [5.74, 6) is 6.29. The summed E-state index contributed by atoms with van der Waals surface area (Å²) in [7, 11) is 0. The molecule has 2 atom stereocenters. The van der Waals surface area contributed by atoms with E-state index in [2.05, 4.69) is 22.5 Å². The number of amides is 1. The van der Waals surface area contributed by atoms with Gasteiger partial charge < -0.3 is 10.6 Å². The number of hydrogen-bond donors (Lipinski definition) is 2. The summed E-state index contributed by atoms with van der Waals surface area (Å²) in [6.07, 6.45) is 0. The molecule has 2 rings (SSSR count). The fraction of sp³-hybridized carbons (Fsp3) is 0.667. The smallest absolute Gasteiger partial charge is 0.296 e. The first kappa shape index (κ1) is 7.63. The Kier molecular flexibility index (Phi) is 1.78. The Morgan fingerprint density at radius 3 is 2.75 bits per heavy atom. The lowest BCUT2D eigenvalue weighted by Crippen LogP contribution is -2.31. The van der Waals surface area contributed by atoms with Crippen molar-refractivity contribution < 1.29 is 4.79 Å². The molecule has 1 aliphatic heterocycles. The molecule has 0 aromatic heterocycles. The molecule has 3 nitrogen and oxygen atoms in total. The Hall–Kier alpha value is -1.01. The number of piperidine rings is 1. The number of fused-ring (bicyclic) bond motifs is 1. The summed E-state index contributed by atoms with van der Waals surface area (Å²) >= 11 is 0. The number of nitrogens with one attached hydrogen (secondary N) is 2. The van der Waals surface area contributed by atoms with Crippen LogP contribution in [0.5, 0.6) is 0 Å². The quantitative estimate of drug-likeness (QED) is 0.505. The molecule has 2 unspecified atom stereocenters. The van der Waals surface area contributed by atoms with Gasteiger partial charge in [0.25, 0.3) is 5.91 Å². The third kappa shape index (κ3) is 1.19. The lowest BCUT2D eigenvalue weighted by atomic mass is 10.4. The first-order valence-corrected chi connectivity index (χ1v) is 4.27. The fourth-order valence-corrected chi connectivity index (χ4v) is 1.93. The molecule has 64 valence electrons. The van der Waals surface area contributed by atoms with E-state index in [4.69, 9.17) is 0 Å². The highest BCUT2D eigenvalue weighted by Crippen LogP contribution is 2.41. The van der Waals surface area contributed by atoms with Crippen LogP contribution < -0.4 is 10.6 Å². The van der Waals surface area contributed by atoms with Crippen LogP contribution in [0, 0.1) is 23.7 Å². The van der Waals surface area contributed by atoms with Crippen molar-refractivity contribution in [2.75, 3.05) is 13.1 Å². The van der Waals surface area contributed by atoms with E-state index in [1.807, 2.05) is 0 Å². The second kappa shape index (κ2) is 2.80. The summed E-state index contributed by atoms with van der Waals surface area (Å²) < 4.78 is 0. The van der Waals surface area contributed by atoms with Crippen LogP contribution in [-0.2, 0) is 4.79 Å². The van der Waals surface area contributed by atoms with Crippen molar-refractivity contribution in [1.82, 2.24) is 10.6 Å². The van der Waals surface area contributed by atoms with Crippen LogP contribution in [0.1, 0.15) is 6.92 Å². The summed E-state index contributed by atoms with van der Waals surface area (Å²) in [5, 5.41) is 6.17. The Morgan fingerprint density at radius 2 is 2.17 bits per heavy atom. The lowest BCUT2D eigenvalue weighted by Gasteiger charge is -2.03. The van der Waals surface area contributed by atoms with Crippen LogP contribution in [0.2, 0.25) is 0 Å². The van der Waals surface area contributed by atoms with Crippen LogP contribution in [-0.4, -0.2) is 25.0 Å². The standard InChI is InChI=1S/C9H12N2O/c1-2-3-8(12)11-9-6-4-10-5-7(6)9/h6-7,9-10H,4-5H2,1H3,(H,11,12). The Balaban J connectivity index is 1.82. The Labute approximate surface area is 71.9 Å². The highest BCUT2D eigenvalue weighted by atomic mass is 16.1. The zero-order valence-corrected chi connectivity index (χ0v) is 7.05. The Bertz CT molecular complexity index is 253. The molecule has 1 saturated carbocycles. The van der Waals surface area contributed by atoms with Gasteiger partial charge in [-0.15, -0.1) is 0 Å². The minimum absolute atomic E-state index is 0.128. The van der Waals surface area contributed by atoms with Crippen molar-refractivity contribution >= 4 is 5.91 Å². The molecular formula is C9H12N2O. The first-order valence-electron chi connectivity index (χ1n) is 4.27. The van der Waals surface area contributed by atoms with Crippen molar-refractivity contribution in [2.24, 2.45) is 11.8 Å². The minimum atomic E-state index is -0.128. The molecule has 0 spiro atoms. The SMILES string of the molecule is CC#CC(=O)NC1C2CNCC21. The third-order valence-electron chi connectivity index (χ3n) is 2.63. The van der Waals surface area contributed by atoms with Gasteiger partial charge in [0, 0.05) is 19.1 Å². The molecule has 2 fully saturated rings. The molecule has 1 amide bonds. The predicted molar refractivity (Wildman–Crippen MR) is 45.2 cm³/mol. The summed E-state index contributed by atoms with van der Waals surface area (Å²) in [5.41, 5.74) is 0. The average Bonchev–Trinajstić information content (AvgIpc) is 2.51. The van der Waals surface area contributed by atoms with Gasteiger partial charge in [0.2, 0.25) is 0 Å². The van der Waals surface area contributed by atoms with E-state index in [9.17, 15) is 4.79 Å². The van der Waals surface area contributed by atoms with Gasteiger partial charge >= 0.3 is 0 Å². The van der Waals surface area contributed by atoms with Gasteiger partial charge in [-0.2, -0.15) is 0 Å². The summed E-state index contributed by atoms with van der Waals surface area (Å²) in [4.78, 5) is 11.0. The molecule has 1 saturated heterocycles. The molecule has 2 N–H and O–H groups in total. The van der Waals surface area contributed by atoms with Crippen molar-refractivity contribution in [2.45, 2.75) is 13.0 Å². The number of carbonyl (C=O) groups is 1. The zero-order valence-electron chi connectivity index (χ0n) is 7.05. The molecule has 0 radical (unpaired) electrons. The van der Waals surface area contributed by atoms with Crippen LogP contribution in [0.4, 0.5) is 0 Å². The van der Waals surface area contributed by atoms with Crippen molar-refractivity contribution in [3.63, 3.8) is 0 Å². The van der Waals surface area contributed by atoms with Crippen LogP contribution >= 0.6 is 0 Å². The van der Waals surface area contributed by atoms with Crippen LogP contribution in [0.3, 0.4) is 0 Å². The fourth-order valence-electron chi connectivity index (χ4n) is 1.93. The monoisotopic (exact) mass is 164 g/mol. The summed E-state index contributed by atoms with van der Waals surface area (Å²) in [6.45, 7) is 3.78. The van der Waals surface area contributed by atoms with E-state index in [1.54, 1.807) is 6.92 Å². The number of hydrogen-bond acceptors (Lipinski definition) is 2. The molecule has 2 aliphatic rings. The van der Waals surface area contributed by atoms with Gasteiger partial charge in [-0.25, -0.2) is 0 Å². The normalized spacial score (nSPS) is 36.2. The Morgan fingerprint density at radius 1 is 1.50 bits per heavy atom. The number of rotatable bonds is 1. The van der Waals surface area contributed by atoms with E-state index < -0.39 is 0 Å². The second-order valence-corrected chi connectivity index (χ2v) is 3.36. The van der Waals surface area contributed by atoms with Crippen molar-refractivity contribution in [3.05, 3.63) is 0 Å². The van der Waals surface area contributed by atoms with E-state index in [0.29, 0.717) is 17.9 Å².